The first kappa shape index (κ1) is 8.98. The highest BCUT2D eigenvalue weighted by Crippen LogP contribution is 1.71. The lowest BCUT2D eigenvalue weighted by Crippen LogP contribution is -2.29. The fourth-order valence-electron chi connectivity index (χ4n) is 0.130. The van der Waals surface area contributed by atoms with Gasteiger partial charge < -0.3 is 4.55 Å². The summed E-state index contributed by atoms with van der Waals surface area (Å²) in [6.45, 7) is 0. The molecule has 0 spiro atoms. The molecule has 56 valence electrons. The standard InChI is InChI=1S/CH6N2O4S2/c2-9(6,7)1-3-8(4)5/h3H,1H2,(H,4,5)(H2,2,6,7)/p-1. The largest absolute Gasteiger partial charge is 0.760 e. The average molecular weight is 173 g/mol. The summed E-state index contributed by atoms with van der Waals surface area (Å²) in [5.41, 5.74) is 0. The van der Waals surface area contributed by atoms with Crippen molar-refractivity contribution < 1.29 is 17.2 Å². The summed E-state index contributed by atoms with van der Waals surface area (Å²) in [7, 11) is -3.72. The van der Waals surface area contributed by atoms with Gasteiger partial charge in [0.2, 0.25) is 10.0 Å². The van der Waals surface area contributed by atoms with E-state index in [1.165, 1.54) is 0 Å². The van der Waals surface area contributed by atoms with Crippen molar-refractivity contribution in [3.63, 3.8) is 0 Å². The number of sulfonamides is 1. The molecule has 8 heteroatoms. The summed E-state index contributed by atoms with van der Waals surface area (Å²) in [6.07, 6.45) is 0. The maximum atomic E-state index is 9.98. The van der Waals surface area contributed by atoms with E-state index in [0.29, 0.717) is 0 Å². The highest BCUT2D eigenvalue weighted by Gasteiger charge is 1.98. The van der Waals surface area contributed by atoms with Crippen molar-refractivity contribution in [3.8, 4) is 0 Å². The van der Waals surface area contributed by atoms with Gasteiger partial charge >= 0.3 is 0 Å². The SMILES string of the molecule is NS(=O)(=O)CNS(=O)[O-]. The van der Waals surface area contributed by atoms with Crippen LogP contribution in [0.5, 0.6) is 0 Å². The number of hydrogen-bond donors (Lipinski definition) is 2. The molecule has 0 aliphatic rings. The molecule has 0 saturated heterocycles. The second kappa shape index (κ2) is 3.22. The zero-order valence-electron chi connectivity index (χ0n) is 4.23. The van der Waals surface area contributed by atoms with Gasteiger partial charge in [-0.05, 0) is 0 Å². The highest BCUT2D eigenvalue weighted by molar-refractivity contribution is 7.89. The van der Waals surface area contributed by atoms with Crippen LogP contribution in [0.1, 0.15) is 0 Å². The van der Waals surface area contributed by atoms with Gasteiger partial charge in [-0.25, -0.2) is 18.3 Å². The molecular formula is CH5N2O4S2-. The Bertz CT molecular complexity index is 195. The Morgan fingerprint density at radius 2 is 2.11 bits per heavy atom. The lowest BCUT2D eigenvalue weighted by Gasteiger charge is -2.03. The zero-order chi connectivity index (χ0) is 7.49. The van der Waals surface area contributed by atoms with Gasteiger partial charge in [0, 0.05) is 11.3 Å². The molecule has 0 radical (unpaired) electrons. The molecule has 0 heterocycles. The van der Waals surface area contributed by atoms with Crippen molar-refractivity contribution in [3.05, 3.63) is 0 Å². The van der Waals surface area contributed by atoms with Gasteiger partial charge in [0.15, 0.2) is 0 Å². The Morgan fingerprint density at radius 3 is 2.22 bits per heavy atom. The van der Waals surface area contributed by atoms with Crippen LogP contribution in [0.3, 0.4) is 0 Å². The van der Waals surface area contributed by atoms with Crippen molar-refractivity contribution in [2.24, 2.45) is 5.14 Å². The molecule has 1 unspecified atom stereocenters. The van der Waals surface area contributed by atoms with Gasteiger partial charge in [-0.1, -0.05) is 0 Å². The molecule has 3 N–H and O–H groups in total. The van der Waals surface area contributed by atoms with Gasteiger partial charge in [-0.15, -0.1) is 0 Å². The van der Waals surface area contributed by atoms with Crippen molar-refractivity contribution >= 4 is 21.3 Å². The minimum absolute atomic E-state index is 0.761. The molecule has 0 aliphatic heterocycles. The van der Waals surface area contributed by atoms with E-state index in [1.54, 1.807) is 4.72 Å². The molecule has 9 heavy (non-hydrogen) atoms. The predicted octanol–water partition coefficient (Wildman–Crippen LogP) is -2.38. The summed E-state index contributed by atoms with van der Waals surface area (Å²) < 4.78 is 40.8. The second-order valence-corrected chi connectivity index (χ2v) is 3.56. The number of hydrogen-bond acceptors (Lipinski definition) is 4. The maximum absolute atomic E-state index is 9.98. The Balaban J connectivity index is 3.67. The van der Waals surface area contributed by atoms with Crippen molar-refractivity contribution in [2.45, 2.75) is 0 Å². The molecule has 0 saturated carbocycles. The van der Waals surface area contributed by atoms with Crippen LogP contribution >= 0.6 is 0 Å². The Kier molecular flexibility index (Phi) is 3.22. The molecule has 0 aliphatic carbocycles. The van der Waals surface area contributed by atoms with Crippen LogP contribution in [0.15, 0.2) is 0 Å². The number of primary sulfonamides is 1. The van der Waals surface area contributed by atoms with E-state index < -0.39 is 27.2 Å². The number of nitrogens with one attached hydrogen (secondary N) is 1. The monoisotopic (exact) mass is 173 g/mol. The molecule has 0 aromatic heterocycles. The predicted molar refractivity (Wildman–Crippen MR) is 30.0 cm³/mol. The van der Waals surface area contributed by atoms with Crippen LogP contribution in [0.4, 0.5) is 0 Å². The topological polar surface area (TPSA) is 112 Å². The molecular weight excluding hydrogens is 168 g/mol. The van der Waals surface area contributed by atoms with Crippen LogP contribution in [0.2, 0.25) is 0 Å². The molecule has 6 nitrogen and oxygen atoms in total. The molecule has 0 aromatic carbocycles. The first-order valence-electron chi connectivity index (χ1n) is 1.75. The third-order valence-electron chi connectivity index (χ3n) is 0.378. The first-order valence-corrected chi connectivity index (χ1v) is 4.54. The molecule has 1 atom stereocenters. The highest BCUT2D eigenvalue weighted by atomic mass is 32.2. The van der Waals surface area contributed by atoms with E-state index >= 15 is 0 Å². The Morgan fingerprint density at radius 1 is 1.67 bits per heavy atom. The van der Waals surface area contributed by atoms with Crippen LogP contribution in [0.25, 0.3) is 0 Å². The Hall–Kier alpha value is -0.0200. The molecule has 0 bridgehead atoms. The summed E-state index contributed by atoms with van der Waals surface area (Å²) in [5, 5.41) is 4.42. The lowest BCUT2D eigenvalue weighted by molar-refractivity contribution is 0.525. The summed E-state index contributed by atoms with van der Waals surface area (Å²) >= 11 is -2.57. The van der Waals surface area contributed by atoms with Crippen molar-refractivity contribution in [1.82, 2.24) is 4.72 Å². The summed E-state index contributed by atoms with van der Waals surface area (Å²) in [4.78, 5) is 0. The fourth-order valence-corrected chi connectivity index (χ4v) is 1.17. The van der Waals surface area contributed by atoms with E-state index in [1.807, 2.05) is 0 Å². The second-order valence-electron chi connectivity index (χ2n) is 1.19. The van der Waals surface area contributed by atoms with E-state index in [2.05, 4.69) is 5.14 Å². The average Bonchev–Trinajstić information content (AvgIpc) is 1.59. The molecule has 0 rings (SSSR count). The fraction of sp³-hybridized carbons (Fsp3) is 1.00. The smallest absolute Gasteiger partial charge is 0.223 e. The van der Waals surface area contributed by atoms with Gasteiger partial charge in [0.05, 0.1) is 0 Å². The normalized spacial score (nSPS) is 15.3. The van der Waals surface area contributed by atoms with Crippen LogP contribution in [0, 0.1) is 0 Å². The minimum atomic E-state index is -3.72. The van der Waals surface area contributed by atoms with E-state index in [0.717, 1.165) is 0 Å². The molecule has 0 fully saturated rings. The van der Waals surface area contributed by atoms with Crippen molar-refractivity contribution in [2.75, 3.05) is 5.88 Å². The van der Waals surface area contributed by atoms with Gasteiger partial charge in [0.1, 0.15) is 5.88 Å². The minimum Gasteiger partial charge on any atom is -0.760 e. The zero-order valence-corrected chi connectivity index (χ0v) is 5.87. The van der Waals surface area contributed by atoms with Gasteiger partial charge in [-0.3, -0.25) is 4.21 Å². The van der Waals surface area contributed by atoms with Gasteiger partial charge in [0.25, 0.3) is 0 Å². The van der Waals surface area contributed by atoms with Crippen LogP contribution < -0.4 is 9.86 Å². The first-order chi connectivity index (χ1) is 3.92. The van der Waals surface area contributed by atoms with Gasteiger partial charge in [-0.2, -0.15) is 0 Å². The summed E-state index contributed by atoms with van der Waals surface area (Å²) in [6, 6.07) is 0. The van der Waals surface area contributed by atoms with E-state index in [4.69, 9.17) is 0 Å². The third-order valence-corrected chi connectivity index (χ3v) is 1.49. The Labute approximate surface area is 54.9 Å². The van der Waals surface area contributed by atoms with Crippen LogP contribution in [-0.4, -0.2) is 23.1 Å². The quantitative estimate of drug-likeness (QED) is 0.464. The maximum Gasteiger partial charge on any atom is 0.223 e. The summed E-state index contributed by atoms with van der Waals surface area (Å²) in [5.74, 6) is -0.761. The van der Waals surface area contributed by atoms with Crippen molar-refractivity contribution in [1.29, 1.82) is 0 Å². The molecule has 0 aromatic rings. The number of nitrogens with two attached hydrogens (primary N) is 1. The van der Waals surface area contributed by atoms with Crippen LogP contribution in [-0.2, 0) is 21.3 Å². The van der Waals surface area contributed by atoms with E-state index in [-0.39, 0.29) is 0 Å². The number of rotatable bonds is 3. The van der Waals surface area contributed by atoms with E-state index in [9.17, 15) is 17.2 Å². The lowest BCUT2D eigenvalue weighted by atomic mass is 11.5. The molecule has 0 amide bonds. The third kappa shape index (κ3) is 7.98.